The Balaban J connectivity index is 1.93. The Morgan fingerprint density at radius 1 is 1.33 bits per heavy atom. The minimum Gasteiger partial charge on any atom is -0.494 e. The van der Waals surface area contributed by atoms with Gasteiger partial charge in [-0.25, -0.2) is 0 Å². The largest absolute Gasteiger partial charge is 0.494 e. The van der Waals surface area contributed by atoms with Crippen molar-refractivity contribution >= 4 is 5.91 Å². The van der Waals surface area contributed by atoms with Gasteiger partial charge in [-0.1, -0.05) is 25.0 Å². The summed E-state index contributed by atoms with van der Waals surface area (Å²) in [5.74, 6) is 0.904. The van der Waals surface area contributed by atoms with Crippen molar-refractivity contribution in [3.05, 3.63) is 29.8 Å². The van der Waals surface area contributed by atoms with Crippen LogP contribution in [0.1, 0.15) is 51.1 Å². The normalized spacial score (nSPS) is 23.4. The molecular weight excluding hydrogens is 264 g/mol. The van der Waals surface area contributed by atoms with Crippen LogP contribution in [0.5, 0.6) is 5.75 Å². The van der Waals surface area contributed by atoms with Gasteiger partial charge in [-0.15, -0.1) is 0 Å². The fourth-order valence-corrected chi connectivity index (χ4v) is 2.91. The van der Waals surface area contributed by atoms with Gasteiger partial charge < -0.3 is 15.8 Å². The van der Waals surface area contributed by atoms with Crippen molar-refractivity contribution in [1.82, 2.24) is 5.32 Å². The molecule has 3 N–H and O–H groups in total. The standard InChI is InChI=1S/C17H26N2O2/c1-3-21-14-10-8-13(9-11-14)12(2)19-17(20)15-6-4-5-7-16(15)18/h8-12,15-16H,3-7,18H2,1-2H3,(H,19,20). The van der Waals surface area contributed by atoms with Crippen LogP contribution < -0.4 is 15.8 Å². The van der Waals surface area contributed by atoms with E-state index in [0.717, 1.165) is 37.0 Å². The second kappa shape index (κ2) is 7.46. The SMILES string of the molecule is CCOc1ccc(C(C)NC(=O)C2CCCCC2N)cc1. The van der Waals surface area contributed by atoms with Gasteiger partial charge in [-0.05, 0) is 44.4 Å². The Labute approximate surface area is 127 Å². The van der Waals surface area contributed by atoms with Crippen LogP contribution in [0.25, 0.3) is 0 Å². The highest BCUT2D eigenvalue weighted by Crippen LogP contribution is 2.24. The van der Waals surface area contributed by atoms with Gasteiger partial charge in [0.05, 0.1) is 18.6 Å². The number of benzene rings is 1. The molecule has 0 bridgehead atoms. The third-order valence-corrected chi connectivity index (χ3v) is 4.21. The predicted octanol–water partition coefficient (Wildman–Crippen LogP) is 2.78. The van der Waals surface area contributed by atoms with Crippen LogP contribution >= 0.6 is 0 Å². The number of nitrogens with two attached hydrogens (primary N) is 1. The van der Waals surface area contributed by atoms with Gasteiger partial charge in [0.15, 0.2) is 0 Å². The summed E-state index contributed by atoms with van der Waals surface area (Å²) in [5.41, 5.74) is 7.15. The van der Waals surface area contributed by atoms with Crippen molar-refractivity contribution in [2.45, 2.75) is 51.6 Å². The summed E-state index contributed by atoms with van der Waals surface area (Å²) >= 11 is 0. The first-order valence-electron chi connectivity index (χ1n) is 7.90. The highest BCUT2D eigenvalue weighted by molar-refractivity contribution is 5.79. The fourth-order valence-electron chi connectivity index (χ4n) is 2.91. The molecule has 4 heteroatoms. The van der Waals surface area contributed by atoms with E-state index in [9.17, 15) is 4.79 Å². The smallest absolute Gasteiger partial charge is 0.225 e. The van der Waals surface area contributed by atoms with E-state index in [1.54, 1.807) is 0 Å². The van der Waals surface area contributed by atoms with Crippen molar-refractivity contribution in [2.24, 2.45) is 11.7 Å². The lowest BCUT2D eigenvalue weighted by Gasteiger charge is -2.28. The molecule has 21 heavy (non-hydrogen) atoms. The van der Waals surface area contributed by atoms with Crippen LogP contribution in [-0.4, -0.2) is 18.6 Å². The summed E-state index contributed by atoms with van der Waals surface area (Å²) < 4.78 is 5.43. The van der Waals surface area contributed by atoms with Gasteiger partial charge in [0.1, 0.15) is 5.75 Å². The van der Waals surface area contributed by atoms with E-state index in [1.165, 1.54) is 0 Å². The maximum Gasteiger partial charge on any atom is 0.225 e. The Morgan fingerprint density at radius 3 is 2.62 bits per heavy atom. The lowest BCUT2D eigenvalue weighted by Crippen LogP contribution is -2.44. The molecule has 0 heterocycles. The number of amides is 1. The van der Waals surface area contributed by atoms with E-state index in [0.29, 0.717) is 6.61 Å². The molecular formula is C17H26N2O2. The Kier molecular flexibility index (Phi) is 5.62. The zero-order valence-electron chi connectivity index (χ0n) is 13.0. The van der Waals surface area contributed by atoms with Gasteiger partial charge in [-0.2, -0.15) is 0 Å². The maximum atomic E-state index is 12.3. The van der Waals surface area contributed by atoms with E-state index in [-0.39, 0.29) is 23.9 Å². The molecule has 3 atom stereocenters. The summed E-state index contributed by atoms with van der Waals surface area (Å²) in [6, 6.07) is 7.86. The third-order valence-electron chi connectivity index (χ3n) is 4.21. The zero-order valence-corrected chi connectivity index (χ0v) is 13.0. The number of ether oxygens (including phenoxy) is 1. The molecule has 0 radical (unpaired) electrons. The molecule has 0 spiro atoms. The minimum atomic E-state index is -0.0381. The van der Waals surface area contributed by atoms with Crippen molar-refractivity contribution < 1.29 is 9.53 Å². The molecule has 1 amide bonds. The van der Waals surface area contributed by atoms with Gasteiger partial charge >= 0.3 is 0 Å². The van der Waals surface area contributed by atoms with Crippen LogP contribution in [-0.2, 0) is 4.79 Å². The second-order valence-corrected chi connectivity index (χ2v) is 5.79. The van der Waals surface area contributed by atoms with Crippen LogP contribution in [0.4, 0.5) is 0 Å². The number of hydrogen-bond donors (Lipinski definition) is 2. The number of rotatable bonds is 5. The first kappa shape index (κ1) is 15.8. The second-order valence-electron chi connectivity index (χ2n) is 5.79. The summed E-state index contributed by atoms with van der Waals surface area (Å²) in [5, 5.41) is 3.09. The van der Waals surface area contributed by atoms with Crippen LogP contribution in [0.3, 0.4) is 0 Å². The van der Waals surface area contributed by atoms with E-state index in [4.69, 9.17) is 10.5 Å². The van der Waals surface area contributed by atoms with E-state index < -0.39 is 0 Å². The molecule has 1 saturated carbocycles. The van der Waals surface area contributed by atoms with Gasteiger partial charge in [-0.3, -0.25) is 4.79 Å². The fraction of sp³-hybridized carbons (Fsp3) is 0.588. The average Bonchev–Trinajstić information content (AvgIpc) is 2.48. The molecule has 0 aromatic heterocycles. The lowest BCUT2D eigenvalue weighted by molar-refractivity contribution is -0.127. The molecule has 1 aromatic carbocycles. The quantitative estimate of drug-likeness (QED) is 0.876. The monoisotopic (exact) mass is 290 g/mol. The number of carbonyl (C=O) groups is 1. The van der Waals surface area contributed by atoms with E-state index in [1.807, 2.05) is 38.1 Å². The van der Waals surface area contributed by atoms with Crippen molar-refractivity contribution in [3.8, 4) is 5.75 Å². The van der Waals surface area contributed by atoms with Crippen molar-refractivity contribution in [2.75, 3.05) is 6.61 Å². The number of hydrogen-bond acceptors (Lipinski definition) is 3. The molecule has 0 aliphatic heterocycles. The number of nitrogens with one attached hydrogen (secondary N) is 1. The molecule has 1 aliphatic rings. The Hall–Kier alpha value is -1.55. The highest BCUT2D eigenvalue weighted by atomic mass is 16.5. The highest BCUT2D eigenvalue weighted by Gasteiger charge is 2.28. The Morgan fingerprint density at radius 2 is 2.00 bits per heavy atom. The average molecular weight is 290 g/mol. The lowest BCUT2D eigenvalue weighted by atomic mass is 9.84. The first-order valence-corrected chi connectivity index (χ1v) is 7.90. The predicted molar refractivity (Wildman–Crippen MR) is 84.1 cm³/mol. The van der Waals surface area contributed by atoms with Crippen molar-refractivity contribution in [3.63, 3.8) is 0 Å². The molecule has 2 rings (SSSR count). The topological polar surface area (TPSA) is 64.3 Å². The molecule has 0 saturated heterocycles. The molecule has 1 aliphatic carbocycles. The van der Waals surface area contributed by atoms with Gasteiger partial charge in [0.2, 0.25) is 5.91 Å². The maximum absolute atomic E-state index is 12.3. The summed E-state index contributed by atoms with van der Waals surface area (Å²) in [4.78, 5) is 12.3. The van der Waals surface area contributed by atoms with Crippen LogP contribution in [0.2, 0.25) is 0 Å². The molecule has 1 fully saturated rings. The Bertz CT molecular complexity index is 458. The molecule has 116 valence electrons. The van der Waals surface area contributed by atoms with E-state index >= 15 is 0 Å². The molecule has 3 unspecified atom stereocenters. The minimum absolute atomic E-state index is 0.00581. The van der Waals surface area contributed by atoms with Gasteiger partial charge in [0.25, 0.3) is 0 Å². The first-order chi connectivity index (χ1) is 10.1. The third kappa shape index (κ3) is 4.21. The zero-order chi connectivity index (χ0) is 15.2. The summed E-state index contributed by atoms with van der Waals surface area (Å²) in [7, 11) is 0. The molecule has 1 aromatic rings. The molecule has 4 nitrogen and oxygen atoms in total. The summed E-state index contributed by atoms with van der Waals surface area (Å²) in [6.45, 7) is 4.62. The summed E-state index contributed by atoms with van der Waals surface area (Å²) in [6.07, 6.45) is 4.10. The van der Waals surface area contributed by atoms with Crippen molar-refractivity contribution in [1.29, 1.82) is 0 Å². The van der Waals surface area contributed by atoms with Gasteiger partial charge in [0, 0.05) is 6.04 Å². The van der Waals surface area contributed by atoms with Crippen LogP contribution in [0.15, 0.2) is 24.3 Å². The number of carbonyl (C=O) groups excluding carboxylic acids is 1. The van der Waals surface area contributed by atoms with E-state index in [2.05, 4.69) is 5.32 Å². The van der Waals surface area contributed by atoms with Crippen LogP contribution in [0, 0.1) is 5.92 Å².